The van der Waals surface area contributed by atoms with Gasteiger partial charge in [0, 0.05) is 5.41 Å². The Kier molecular flexibility index (Phi) is 5.20. The topological polar surface area (TPSA) is 34.1 Å². The fourth-order valence-electron chi connectivity index (χ4n) is 1.04. The van der Waals surface area contributed by atoms with E-state index in [0.29, 0.717) is 0 Å². The second-order valence-electron chi connectivity index (χ2n) is 5.35. The van der Waals surface area contributed by atoms with Crippen LogP contribution in [0.2, 0.25) is 0 Å². The van der Waals surface area contributed by atoms with Crippen LogP contribution in [0.1, 0.15) is 27.2 Å². The molecule has 10 heteroatoms. The van der Waals surface area contributed by atoms with Crippen LogP contribution in [-0.4, -0.2) is 35.8 Å². The maximum Gasteiger partial charge on any atom is 0.385 e. The summed E-state index contributed by atoms with van der Waals surface area (Å²) < 4.78 is 101. The number of carbonyl (C=O) groups excluding carboxylic acids is 2. The fraction of sp³-hybridized carbons (Fsp3) is 0.818. The van der Waals surface area contributed by atoms with Crippen LogP contribution in [0.4, 0.5) is 35.1 Å². The molecule has 0 saturated heterocycles. The lowest BCUT2D eigenvalue weighted by atomic mass is 9.86. The van der Waals surface area contributed by atoms with Gasteiger partial charge in [0.25, 0.3) is 0 Å². The van der Waals surface area contributed by atoms with Gasteiger partial charge in [-0.1, -0.05) is 20.8 Å². The van der Waals surface area contributed by atoms with Gasteiger partial charge in [-0.3, -0.25) is 9.59 Å². The first kappa shape index (κ1) is 19.8. The van der Waals surface area contributed by atoms with Gasteiger partial charge in [0.2, 0.25) is 5.78 Å². The lowest BCUT2D eigenvalue weighted by molar-refractivity contribution is -0.327. The van der Waals surface area contributed by atoms with E-state index in [9.17, 15) is 44.7 Å². The fourth-order valence-corrected chi connectivity index (χ4v) is 1.04. The van der Waals surface area contributed by atoms with Gasteiger partial charge in [0.1, 0.15) is 5.78 Å². The number of Topliss-reactive ketones (excluding diaryl/α,β-unsaturated/α-hetero) is 2. The van der Waals surface area contributed by atoms with Crippen LogP contribution in [0.15, 0.2) is 0 Å². The minimum Gasteiger partial charge on any atom is -0.299 e. The molecule has 0 aromatic carbocycles. The normalized spacial score (nSPS) is 14.5. The molecule has 0 heterocycles. The molecule has 0 aliphatic heterocycles. The van der Waals surface area contributed by atoms with Crippen LogP contribution in [-0.2, 0) is 9.59 Å². The van der Waals surface area contributed by atoms with Crippen LogP contribution in [0.25, 0.3) is 0 Å². The van der Waals surface area contributed by atoms with Crippen molar-refractivity contribution >= 4 is 11.6 Å². The largest absolute Gasteiger partial charge is 0.385 e. The average molecular weight is 328 g/mol. The van der Waals surface area contributed by atoms with Crippen molar-refractivity contribution < 1.29 is 44.7 Å². The van der Waals surface area contributed by atoms with E-state index in [0.717, 1.165) is 0 Å². The van der Waals surface area contributed by atoms with E-state index in [1.807, 2.05) is 0 Å². The molecule has 0 fully saturated rings. The van der Waals surface area contributed by atoms with Gasteiger partial charge in [0.15, 0.2) is 0 Å². The smallest absolute Gasteiger partial charge is 0.299 e. The summed E-state index contributed by atoms with van der Waals surface area (Å²) in [5.74, 6) is -23.2. The van der Waals surface area contributed by atoms with Crippen LogP contribution >= 0.6 is 0 Å². The number of ketones is 2. The minimum absolute atomic E-state index is 1.17. The number of rotatable bonds is 6. The maximum atomic E-state index is 13.1. The first-order chi connectivity index (χ1) is 8.99. The second-order valence-corrected chi connectivity index (χ2v) is 5.35. The number of hydrogen-bond acceptors (Lipinski definition) is 2. The molecule has 0 amide bonds. The molecule has 0 unspecified atom stereocenters. The highest BCUT2D eigenvalue weighted by molar-refractivity contribution is 6.04. The number of alkyl halides is 8. The predicted octanol–water partition coefficient (Wildman–Crippen LogP) is 3.73. The first-order valence-corrected chi connectivity index (χ1v) is 5.47. The van der Waals surface area contributed by atoms with Crippen molar-refractivity contribution in [3.8, 4) is 0 Å². The van der Waals surface area contributed by atoms with Crippen LogP contribution in [0.5, 0.6) is 0 Å². The lowest BCUT2D eigenvalue weighted by Gasteiger charge is -2.31. The molecule has 0 aliphatic rings. The van der Waals surface area contributed by atoms with E-state index >= 15 is 0 Å². The van der Waals surface area contributed by atoms with Crippen LogP contribution < -0.4 is 0 Å². The molecular weight excluding hydrogens is 316 g/mol. The molecule has 0 spiro atoms. The third-order valence-corrected chi connectivity index (χ3v) is 2.59. The Morgan fingerprint density at radius 1 is 0.857 bits per heavy atom. The van der Waals surface area contributed by atoms with Crippen molar-refractivity contribution in [2.45, 2.75) is 51.4 Å². The molecular formula is C11H12F8O2. The van der Waals surface area contributed by atoms with E-state index in [4.69, 9.17) is 0 Å². The summed E-state index contributed by atoms with van der Waals surface area (Å²) in [5.41, 5.74) is -1.37. The Morgan fingerprint density at radius 2 is 1.24 bits per heavy atom. The van der Waals surface area contributed by atoms with Gasteiger partial charge < -0.3 is 0 Å². The summed E-state index contributed by atoms with van der Waals surface area (Å²) in [7, 11) is 0. The third kappa shape index (κ3) is 3.52. The van der Waals surface area contributed by atoms with E-state index in [-0.39, 0.29) is 0 Å². The van der Waals surface area contributed by atoms with Gasteiger partial charge in [-0.25, -0.2) is 8.78 Å². The summed E-state index contributed by atoms with van der Waals surface area (Å²) in [4.78, 5) is 22.3. The number of halogens is 8. The average Bonchev–Trinajstić information content (AvgIpc) is 2.26. The Hall–Kier alpha value is -1.22. The van der Waals surface area contributed by atoms with Crippen LogP contribution in [0.3, 0.4) is 0 Å². The quantitative estimate of drug-likeness (QED) is 0.550. The van der Waals surface area contributed by atoms with Crippen molar-refractivity contribution in [3.05, 3.63) is 0 Å². The number of carbonyl (C=O) groups is 2. The Balaban J connectivity index is 5.47. The van der Waals surface area contributed by atoms with Gasteiger partial charge in [-0.05, 0) is 0 Å². The Labute approximate surface area is 114 Å². The molecule has 0 aromatic rings. The van der Waals surface area contributed by atoms with Crippen molar-refractivity contribution in [3.63, 3.8) is 0 Å². The van der Waals surface area contributed by atoms with Gasteiger partial charge in [-0.15, -0.1) is 0 Å². The summed E-state index contributed by atoms with van der Waals surface area (Å²) in [5, 5.41) is 0. The zero-order valence-electron chi connectivity index (χ0n) is 11.1. The molecule has 124 valence electrons. The molecule has 0 rings (SSSR count). The third-order valence-electron chi connectivity index (χ3n) is 2.59. The second kappa shape index (κ2) is 5.53. The maximum absolute atomic E-state index is 13.1. The van der Waals surface area contributed by atoms with E-state index in [2.05, 4.69) is 0 Å². The Bertz CT molecular complexity index is 422. The predicted molar refractivity (Wildman–Crippen MR) is 54.9 cm³/mol. The highest BCUT2D eigenvalue weighted by Gasteiger charge is 2.77. The highest BCUT2D eigenvalue weighted by atomic mass is 19.4. The van der Waals surface area contributed by atoms with Crippen molar-refractivity contribution in [1.29, 1.82) is 0 Å². The molecule has 0 bridgehead atoms. The molecule has 0 aromatic heterocycles. The Morgan fingerprint density at radius 3 is 1.52 bits per heavy atom. The van der Waals surface area contributed by atoms with Crippen molar-refractivity contribution in [1.82, 2.24) is 0 Å². The standard InChI is InChI=1S/C11H12F8O2/c1-8(2,3)5(20)4-6(21)9(14,15)11(18,19)10(16,17)7(12)13/h7H,4H2,1-3H3. The molecule has 2 nitrogen and oxygen atoms in total. The zero-order valence-corrected chi connectivity index (χ0v) is 11.1. The van der Waals surface area contributed by atoms with Gasteiger partial charge in [0.05, 0.1) is 6.42 Å². The molecule has 0 aliphatic carbocycles. The van der Waals surface area contributed by atoms with Gasteiger partial charge in [-0.2, -0.15) is 26.3 Å². The lowest BCUT2D eigenvalue weighted by Crippen LogP contribution is -2.61. The van der Waals surface area contributed by atoms with Gasteiger partial charge >= 0.3 is 24.2 Å². The molecule has 0 atom stereocenters. The molecule has 0 N–H and O–H groups in total. The zero-order chi connectivity index (χ0) is 17.4. The first-order valence-electron chi connectivity index (χ1n) is 5.47. The summed E-state index contributed by atoms with van der Waals surface area (Å²) in [6.07, 6.45) is -6.88. The summed E-state index contributed by atoms with van der Waals surface area (Å²) in [6, 6.07) is 0. The molecule has 0 saturated carbocycles. The van der Waals surface area contributed by atoms with Crippen molar-refractivity contribution in [2.24, 2.45) is 5.41 Å². The minimum atomic E-state index is -6.62. The highest BCUT2D eigenvalue weighted by Crippen LogP contribution is 2.49. The number of hydrogen-bond donors (Lipinski definition) is 0. The SMILES string of the molecule is CC(C)(C)C(=O)CC(=O)C(F)(F)C(F)(F)C(F)(F)C(F)F. The van der Waals surface area contributed by atoms with E-state index < -0.39 is 47.6 Å². The molecule has 21 heavy (non-hydrogen) atoms. The van der Waals surface area contributed by atoms with E-state index in [1.54, 1.807) is 0 Å². The van der Waals surface area contributed by atoms with Crippen molar-refractivity contribution in [2.75, 3.05) is 0 Å². The summed E-state index contributed by atoms with van der Waals surface area (Å²) >= 11 is 0. The molecule has 0 radical (unpaired) electrons. The monoisotopic (exact) mass is 328 g/mol. The van der Waals surface area contributed by atoms with E-state index in [1.165, 1.54) is 20.8 Å². The summed E-state index contributed by atoms with van der Waals surface area (Å²) in [6.45, 7) is 3.52. The van der Waals surface area contributed by atoms with Crippen LogP contribution in [0, 0.1) is 5.41 Å².